The molecule has 0 unspecified atom stereocenters. The Kier molecular flexibility index (Phi) is 6.87. The van der Waals surface area contributed by atoms with Gasteiger partial charge in [0.25, 0.3) is 5.56 Å². The van der Waals surface area contributed by atoms with Gasteiger partial charge >= 0.3 is 5.97 Å². The number of carbonyl (C=O) groups excluding carboxylic acids is 2. The molecule has 0 aliphatic carbocycles. The Bertz CT molecular complexity index is 1200. The van der Waals surface area contributed by atoms with E-state index in [1.54, 1.807) is 17.7 Å². The third-order valence-corrected chi connectivity index (χ3v) is 5.77. The second-order valence-corrected chi connectivity index (χ2v) is 8.55. The monoisotopic (exact) mass is 437 g/mol. The molecule has 0 fully saturated rings. The minimum Gasteiger partial charge on any atom is -0.457 e. The van der Waals surface area contributed by atoms with Crippen LogP contribution in [0.4, 0.5) is 0 Å². The van der Waals surface area contributed by atoms with Crippen LogP contribution in [-0.2, 0) is 16.6 Å². The van der Waals surface area contributed by atoms with Gasteiger partial charge in [0.2, 0.25) is 5.78 Å². The van der Waals surface area contributed by atoms with Crippen LogP contribution < -0.4 is 5.56 Å². The standard InChI is InChI=1S/C25H31N3O4/c1-16(2)12-13-23(30)32-15-22(29)21-14-17(3)27(18(21)4)24-19(5)26(6)28(25(24)31)20-10-8-7-9-11-20/h7-11,14,16H,12-13,15H2,1-6H3. The summed E-state index contributed by atoms with van der Waals surface area (Å²) in [5, 5.41) is 0. The Morgan fingerprint density at radius 1 is 1.03 bits per heavy atom. The van der Waals surface area contributed by atoms with Crippen molar-refractivity contribution in [3.63, 3.8) is 0 Å². The van der Waals surface area contributed by atoms with Gasteiger partial charge in [-0.1, -0.05) is 32.0 Å². The van der Waals surface area contributed by atoms with E-state index in [1.165, 1.54) is 0 Å². The van der Waals surface area contributed by atoms with Gasteiger partial charge in [-0.15, -0.1) is 0 Å². The number of ether oxygens (including phenoxy) is 1. The molecule has 1 aromatic carbocycles. The number of aryl methyl sites for hydroxylation is 1. The molecule has 0 bridgehead atoms. The van der Waals surface area contributed by atoms with Gasteiger partial charge in [-0.05, 0) is 51.3 Å². The van der Waals surface area contributed by atoms with Crippen molar-refractivity contribution in [3.05, 3.63) is 69.4 Å². The number of nitrogens with zero attached hydrogens (tertiary/aromatic N) is 3. The molecule has 3 rings (SSSR count). The van der Waals surface area contributed by atoms with Gasteiger partial charge in [0.05, 0.1) is 11.4 Å². The van der Waals surface area contributed by atoms with Crippen molar-refractivity contribution < 1.29 is 14.3 Å². The Balaban J connectivity index is 1.93. The number of esters is 1. The van der Waals surface area contributed by atoms with Gasteiger partial charge in [-0.2, -0.15) is 0 Å². The Morgan fingerprint density at radius 3 is 2.31 bits per heavy atom. The van der Waals surface area contributed by atoms with Crippen LogP contribution in [0.3, 0.4) is 0 Å². The Labute approximate surface area is 188 Å². The van der Waals surface area contributed by atoms with E-state index in [4.69, 9.17) is 4.74 Å². The van der Waals surface area contributed by atoms with Gasteiger partial charge in [0.1, 0.15) is 5.69 Å². The van der Waals surface area contributed by atoms with Crippen LogP contribution in [0.15, 0.2) is 41.2 Å². The fourth-order valence-electron chi connectivity index (χ4n) is 3.90. The van der Waals surface area contributed by atoms with Crippen molar-refractivity contribution in [3.8, 4) is 11.4 Å². The van der Waals surface area contributed by atoms with Crippen molar-refractivity contribution in [2.24, 2.45) is 13.0 Å². The van der Waals surface area contributed by atoms with E-state index in [2.05, 4.69) is 0 Å². The highest BCUT2D eigenvalue weighted by Crippen LogP contribution is 2.23. The van der Waals surface area contributed by atoms with Crippen LogP contribution in [0.5, 0.6) is 0 Å². The van der Waals surface area contributed by atoms with Crippen molar-refractivity contribution >= 4 is 11.8 Å². The summed E-state index contributed by atoms with van der Waals surface area (Å²) < 4.78 is 10.4. The number of hydrogen-bond donors (Lipinski definition) is 0. The van der Waals surface area contributed by atoms with Gasteiger partial charge in [0.15, 0.2) is 6.61 Å². The van der Waals surface area contributed by atoms with Crippen LogP contribution in [0.2, 0.25) is 0 Å². The lowest BCUT2D eigenvalue weighted by atomic mass is 10.1. The minimum atomic E-state index is -0.370. The maximum Gasteiger partial charge on any atom is 0.306 e. The van der Waals surface area contributed by atoms with Gasteiger partial charge in [-0.3, -0.25) is 19.1 Å². The lowest BCUT2D eigenvalue weighted by molar-refractivity contribution is -0.142. The predicted octanol–water partition coefficient (Wildman–Crippen LogP) is 4.05. The molecule has 0 saturated carbocycles. The summed E-state index contributed by atoms with van der Waals surface area (Å²) in [4.78, 5) is 38.1. The zero-order valence-electron chi connectivity index (χ0n) is 19.6. The predicted molar refractivity (Wildman–Crippen MR) is 124 cm³/mol. The number of ketones is 1. The maximum absolute atomic E-state index is 13.4. The van der Waals surface area contributed by atoms with E-state index >= 15 is 0 Å². The molecule has 0 aliphatic heterocycles. The number of carbonyl (C=O) groups is 2. The van der Waals surface area contributed by atoms with Crippen molar-refractivity contribution in [1.82, 2.24) is 13.9 Å². The van der Waals surface area contributed by atoms with Crippen LogP contribution in [0.1, 0.15) is 54.1 Å². The molecule has 170 valence electrons. The van der Waals surface area contributed by atoms with Crippen LogP contribution in [-0.4, -0.2) is 32.3 Å². The number of para-hydroxylation sites is 1. The summed E-state index contributed by atoms with van der Waals surface area (Å²) in [6, 6.07) is 11.2. The average molecular weight is 438 g/mol. The van der Waals surface area contributed by atoms with E-state index in [0.29, 0.717) is 29.3 Å². The van der Waals surface area contributed by atoms with E-state index in [1.807, 2.05) is 74.3 Å². The molecule has 0 spiro atoms. The first-order valence-electron chi connectivity index (χ1n) is 10.9. The largest absolute Gasteiger partial charge is 0.457 e. The maximum atomic E-state index is 13.4. The van der Waals surface area contributed by atoms with Crippen LogP contribution in [0.25, 0.3) is 11.4 Å². The summed E-state index contributed by atoms with van der Waals surface area (Å²) in [7, 11) is 1.84. The number of Topliss-reactive ketones (excluding diaryl/α,β-unsaturated/α-hetero) is 1. The van der Waals surface area contributed by atoms with Crippen molar-refractivity contribution in [2.75, 3.05) is 6.61 Å². The smallest absolute Gasteiger partial charge is 0.306 e. The van der Waals surface area contributed by atoms with E-state index in [9.17, 15) is 14.4 Å². The highest BCUT2D eigenvalue weighted by Gasteiger charge is 2.24. The quantitative estimate of drug-likeness (QED) is 0.394. The van der Waals surface area contributed by atoms with Crippen LogP contribution in [0, 0.1) is 26.7 Å². The molecular weight excluding hydrogens is 406 g/mol. The van der Waals surface area contributed by atoms with Gasteiger partial charge in [0, 0.05) is 30.4 Å². The normalized spacial score (nSPS) is 11.2. The Hall–Kier alpha value is -3.35. The second kappa shape index (κ2) is 9.42. The number of benzene rings is 1. The lowest BCUT2D eigenvalue weighted by Gasteiger charge is -2.09. The highest BCUT2D eigenvalue weighted by atomic mass is 16.5. The van der Waals surface area contributed by atoms with E-state index < -0.39 is 0 Å². The summed E-state index contributed by atoms with van der Waals surface area (Å²) in [6.07, 6.45) is 1.02. The Morgan fingerprint density at radius 2 is 1.69 bits per heavy atom. The third-order valence-electron chi connectivity index (χ3n) is 5.77. The van der Waals surface area contributed by atoms with E-state index in [0.717, 1.165) is 23.5 Å². The molecule has 0 aliphatic rings. The molecule has 2 heterocycles. The summed E-state index contributed by atoms with van der Waals surface area (Å²) in [5.41, 5.74) is 3.74. The van der Waals surface area contributed by atoms with Gasteiger partial charge < -0.3 is 9.30 Å². The second-order valence-electron chi connectivity index (χ2n) is 8.55. The third kappa shape index (κ3) is 4.47. The molecular formula is C25H31N3O4. The van der Waals surface area contributed by atoms with Gasteiger partial charge in [-0.25, -0.2) is 4.68 Å². The lowest BCUT2D eigenvalue weighted by Crippen LogP contribution is -2.22. The highest BCUT2D eigenvalue weighted by molar-refractivity contribution is 5.99. The van der Waals surface area contributed by atoms with Crippen molar-refractivity contribution in [2.45, 2.75) is 47.5 Å². The zero-order chi connectivity index (χ0) is 23.6. The number of aromatic nitrogens is 3. The first-order valence-corrected chi connectivity index (χ1v) is 10.9. The van der Waals surface area contributed by atoms with E-state index in [-0.39, 0.29) is 23.9 Å². The molecule has 0 radical (unpaired) electrons. The molecule has 7 heteroatoms. The summed E-state index contributed by atoms with van der Waals surface area (Å²) >= 11 is 0. The summed E-state index contributed by atoms with van der Waals surface area (Å²) in [6.45, 7) is 9.31. The fraction of sp³-hybridized carbons (Fsp3) is 0.400. The molecule has 0 saturated heterocycles. The molecule has 0 N–H and O–H groups in total. The molecule has 7 nitrogen and oxygen atoms in total. The minimum absolute atomic E-state index is 0.169. The first kappa shape index (κ1) is 23.3. The first-order chi connectivity index (χ1) is 15.1. The molecule has 2 aromatic heterocycles. The fourth-order valence-corrected chi connectivity index (χ4v) is 3.90. The molecule has 32 heavy (non-hydrogen) atoms. The number of hydrogen-bond acceptors (Lipinski definition) is 4. The zero-order valence-corrected chi connectivity index (χ0v) is 19.6. The SMILES string of the molecule is Cc1cc(C(=O)COC(=O)CCC(C)C)c(C)n1-c1c(C)n(C)n(-c2ccccc2)c1=O. The molecule has 0 amide bonds. The molecule has 3 aromatic rings. The topological polar surface area (TPSA) is 75.2 Å². The van der Waals surface area contributed by atoms with Crippen molar-refractivity contribution in [1.29, 1.82) is 0 Å². The van der Waals surface area contributed by atoms with Crippen LogP contribution >= 0.6 is 0 Å². The summed E-state index contributed by atoms with van der Waals surface area (Å²) in [5.74, 6) is -0.254. The number of rotatable bonds is 8. The average Bonchev–Trinajstić information content (AvgIpc) is 3.16. The molecule has 0 atom stereocenters.